The number of nitrogens with zero attached hydrogens (tertiary/aromatic N) is 1. The molecule has 2 aromatic carbocycles. The van der Waals surface area contributed by atoms with Crippen molar-refractivity contribution in [2.24, 2.45) is 0 Å². The third kappa shape index (κ3) is 4.79. The molecule has 8 heteroatoms. The summed E-state index contributed by atoms with van der Waals surface area (Å²) in [4.78, 5) is 34.4. The number of carbonyl (C=O) groups excluding carboxylic acids is 2. The number of methoxy groups -OCH3 is 1. The van der Waals surface area contributed by atoms with E-state index in [1.54, 1.807) is 38.3 Å². The molecule has 0 fully saturated rings. The molecule has 0 saturated heterocycles. The summed E-state index contributed by atoms with van der Waals surface area (Å²) < 4.78 is 10.0. The molecule has 0 heterocycles. The highest BCUT2D eigenvalue weighted by Crippen LogP contribution is 2.22. The van der Waals surface area contributed by atoms with Crippen LogP contribution in [0.25, 0.3) is 0 Å². The van der Waals surface area contributed by atoms with Crippen LogP contribution in [-0.4, -0.2) is 30.5 Å². The van der Waals surface area contributed by atoms with Gasteiger partial charge in [0.25, 0.3) is 11.6 Å². The van der Waals surface area contributed by atoms with E-state index < -0.39 is 23.4 Å². The summed E-state index contributed by atoms with van der Waals surface area (Å²) in [5.74, 6) is -0.765. The van der Waals surface area contributed by atoms with E-state index in [2.05, 4.69) is 5.32 Å². The number of ether oxygens (including phenoxy) is 2. The summed E-state index contributed by atoms with van der Waals surface area (Å²) in [5.41, 5.74) is 0.712. The molecule has 0 atom stereocenters. The van der Waals surface area contributed by atoms with Crippen molar-refractivity contribution >= 4 is 17.6 Å². The molecule has 0 unspecified atom stereocenters. The molecular formula is C18H18N2O6. The average molecular weight is 358 g/mol. The molecule has 0 aliphatic rings. The Kier molecular flexibility index (Phi) is 6.26. The molecule has 0 bridgehead atoms. The maximum atomic E-state index is 12.1. The van der Waals surface area contributed by atoms with Crippen LogP contribution in [-0.2, 0) is 16.1 Å². The average Bonchev–Trinajstić information content (AvgIpc) is 2.64. The first-order valence-corrected chi connectivity index (χ1v) is 7.73. The number of nitrogens with one attached hydrogen (secondary N) is 1. The number of carbonyl (C=O) groups is 2. The molecule has 2 rings (SSSR count). The van der Waals surface area contributed by atoms with Gasteiger partial charge in [-0.2, -0.15) is 0 Å². The van der Waals surface area contributed by atoms with E-state index in [0.717, 1.165) is 5.56 Å². The number of rotatable bonds is 7. The second-order valence-electron chi connectivity index (χ2n) is 5.43. The van der Waals surface area contributed by atoms with Crippen molar-refractivity contribution in [3.05, 3.63) is 69.3 Å². The molecule has 0 saturated carbocycles. The van der Waals surface area contributed by atoms with Crippen molar-refractivity contribution in [3.63, 3.8) is 0 Å². The van der Waals surface area contributed by atoms with E-state index in [1.165, 1.54) is 12.1 Å². The van der Waals surface area contributed by atoms with Crippen molar-refractivity contribution in [2.45, 2.75) is 13.5 Å². The molecule has 26 heavy (non-hydrogen) atoms. The Balaban J connectivity index is 1.93. The first-order valence-electron chi connectivity index (χ1n) is 7.73. The van der Waals surface area contributed by atoms with Crippen molar-refractivity contribution in [1.29, 1.82) is 0 Å². The van der Waals surface area contributed by atoms with E-state index in [0.29, 0.717) is 11.3 Å². The predicted octanol–water partition coefficient (Wildman–Crippen LogP) is 2.39. The van der Waals surface area contributed by atoms with Crippen molar-refractivity contribution in [3.8, 4) is 5.75 Å². The van der Waals surface area contributed by atoms with Gasteiger partial charge in [-0.1, -0.05) is 24.3 Å². The molecule has 0 aliphatic carbocycles. The molecule has 0 radical (unpaired) electrons. The molecule has 2 aromatic rings. The lowest BCUT2D eigenvalue weighted by Gasteiger charge is -2.09. The molecule has 0 aliphatic heterocycles. The molecular weight excluding hydrogens is 340 g/mol. The number of esters is 1. The van der Waals surface area contributed by atoms with Gasteiger partial charge in [-0.3, -0.25) is 14.9 Å². The fraction of sp³-hybridized carbons (Fsp3) is 0.222. The molecule has 1 N–H and O–H groups in total. The monoisotopic (exact) mass is 358 g/mol. The van der Waals surface area contributed by atoms with Crippen LogP contribution in [0.3, 0.4) is 0 Å². The smallest absolute Gasteiger partial charge is 0.345 e. The fourth-order valence-corrected chi connectivity index (χ4v) is 2.31. The van der Waals surface area contributed by atoms with Crippen LogP contribution in [0.2, 0.25) is 0 Å². The first kappa shape index (κ1) is 18.9. The second kappa shape index (κ2) is 8.61. The number of aryl methyl sites for hydroxylation is 1. The molecule has 0 aromatic heterocycles. The van der Waals surface area contributed by atoms with Gasteiger partial charge in [-0.25, -0.2) is 4.79 Å². The number of hydrogen-bond donors (Lipinski definition) is 1. The van der Waals surface area contributed by atoms with Gasteiger partial charge in [0.1, 0.15) is 11.3 Å². The van der Waals surface area contributed by atoms with Gasteiger partial charge < -0.3 is 14.8 Å². The normalized spacial score (nSPS) is 10.1. The van der Waals surface area contributed by atoms with E-state index in [4.69, 9.17) is 9.47 Å². The number of hydrogen-bond acceptors (Lipinski definition) is 6. The van der Waals surface area contributed by atoms with Gasteiger partial charge in [0.05, 0.1) is 12.0 Å². The van der Waals surface area contributed by atoms with Crippen molar-refractivity contribution in [2.75, 3.05) is 13.7 Å². The summed E-state index contributed by atoms with van der Waals surface area (Å²) >= 11 is 0. The SMILES string of the molecule is COc1cccc(CNC(=O)COC(=O)c2c(C)cccc2[N+](=O)[O-])c1. The Labute approximate surface area is 149 Å². The standard InChI is InChI=1S/C18H18N2O6/c1-12-5-3-8-15(20(23)24)17(12)18(22)26-11-16(21)19-10-13-6-4-7-14(9-13)25-2/h3-9H,10-11H2,1-2H3,(H,19,21). The molecule has 8 nitrogen and oxygen atoms in total. The molecule has 0 spiro atoms. The highest BCUT2D eigenvalue weighted by molar-refractivity contribution is 5.96. The zero-order valence-electron chi connectivity index (χ0n) is 14.4. The van der Waals surface area contributed by atoms with Crippen LogP contribution in [0, 0.1) is 17.0 Å². The van der Waals surface area contributed by atoms with Gasteiger partial charge in [0.2, 0.25) is 0 Å². The lowest BCUT2D eigenvalue weighted by atomic mass is 10.1. The first-order chi connectivity index (χ1) is 12.4. The Hall–Kier alpha value is -3.42. The fourth-order valence-electron chi connectivity index (χ4n) is 2.31. The lowest BCUT2D eigenvalue weighted by Crippen LogP contribution is -2.28. The maximum absolute atomic E-state index is 12.1. The van der Waals surface area contributed by atoms with Crippen LogP contribution in [0.4, 0.5) is 5.69 Å². The third-order valence-corrected chi connectivity index (χ3v) is 3.61. The molecule has 136 valence electrons. The zero-order chi connectivity index (χ0) is 19.1. The largest absolute Gasteiger partial charge is 0.497 e. The van der Waals surface area contributed by atoms with Crippen LogP contribution >= 0.6 is 0 Å². The van der Waals surface area contributed by atoms with Gasteiger partial charge in [0.15, 0.2) is 6.61 Å². The number of nitro benzene ring substituents is 1. The van der Waals surface area contributed by atoms with Crippen LogP contribution < -0.4 is 10.1 Å². The Morgan fingerprint density at radius 2 is 1.92 bits per heavy atom. The Morgan fingerprint density at radius 1 is 1.19 bits per heavy atom. The number of benzene rings is 2. The number of amides is 1. The minimum Gasteiger partial charge on any atom is -0.497 e. The lowest BCUT2D eigenvalue weighted by molar-refractivity contribution is -0.385. The Bertz CT molecular complexity index is 834. The van der Waals surface area contributed by atoms with Gasteiger partial charge in [0, 0.05) is 12.6 Å². The van der Waals surface area contributed by atoms with Crippen molar-refractivity contribution < 1.29 is 24.0 Å². The van der Waals surface area contributed by atoms with E-state index >= 15 is 0 Å². The Morgan fingerprint density at radius 3 is 2.62 bits per heavy atom. The summed E-state index contributed by atoms with van der Waals surface area (Å²) in [6, 6.07) is 11.4. The van der Waals surface area contributed by atoms with Crippen LogP contribution in [0.1, 0.15) is 21.5 Å². The zero-order valence-corrected chi connectivity index (χ0v) is 14.4. The van der Waals surface area contributed by atoms with E-state index in [9.17, 15) is 19.7 Å². The highest BCUT2D eigenvalue weighted by atomic mass is 16.6. The predicted molar refractivity (Wildman–Crippen MR) is 93.0 cm³/mol. The molecule has 1 amide bonds. The third-order valence-electron chi connectivity index (χ3n) is 3.61. The minimum absolute atomic E-state index is 0.155. The quantitative estimate of drug-likeness (QED) is 0.462. The van der Waals surface area contributed by atoms with Gasteiger partial charge in [-0.15, -0.1) is 0 Å². The van der Waals surface area contributed by atoms with Crippen LogP contribution in [0.5, 0.6) is 5.75 Å². The van der Waals surface area contributed by atoms with Crippen LogP contribution in [0.15, 0.2) is 42.5 Å². The summed E-state index contributed by atoms with van der Waals surface area (Å²) in [6.45, 7) is 1.26. The summed E-state index contributed by atoms with van der Waals surface area (Å²) in [5, 5.41) is 13.6. The van der Waals surface area contributed by atoms with Gasteiger partial charge in [-0.05, 0) is 30.2 Å². The van der Waals surface area contributed by atoms with E-state index in [1.807, 2.05) is 6.07 Å². The summed E-state index contributed by atoms with van der Waals surface area (Å²) in [7, 11) is 1.54. The highest BCUT2D eigenvalue weighted by Gasteiger charge is 2.24. The summed E-state index contributed by atoms with van der Waals surface area (Å²) in [6.07, 6.45) is 0. The number of nitro groups is 1. The van der Waals surface area contributed by atoms with Gasteiger partial charge >= 0.3 is 5.97 Å². The second-order valence-corrected chi connectivity index (χ2v) is 5.43. The maximum Gasteiger partial charge on any atom is 0.345 e. The van der Waals surface area contributed by atoms with Crippen molar-refractivity contribution in [1.82, 2.24) is 5.32 Å². The van der Waals surface area contributed by atoms with E-state index in [-0.39, 0.29) is 17.8 Å². The minimum atomic E-state index is -0.911. The topological polar surface area (TPSA) is 108 Å².